The van der Waals surface area contributed by atoms with Crippen molar-refractivity contribution in [3.63, 3.8) is 0 Å². The molecule has 0 fully saturated rings. The SMILES string of the molecule is CC(C)n1nc(C(=O)Nc2ccc3c(c2F)CCNC3)c2ccccc2c1=O.Cl. The Labute approximate surface area is 173 Å². The molecule has 6 nitrogen and oxygen atoms in total. The number of anilines is 1. The molecule has 0 aliphatic carbocycles. The highest BCUT2D eigenvalue weighted by molar-refractivity contribution is 6.11. The summed E-state index contributed by atoms with van der Waals surface area (Å²) in [7, 11) is 0. The maximum atomic E-state index is 14.9. The molecule has 0 bridgehead atoms. The molecule has 0 radical (unpaired) electrons. The van der Waals surface area contributed by atoms with Crippen LogP contribution in [0.1, 0.15) is 41.5 Å². The number of nitrogens with one attached hydrogen (secondary N) is 2. The molecule has 0 saturated heterocycles. The van der Waals surface area contributed by atoms with Crippen LogP contribution in [0.3, 0.4) is 0 Å². The Bertz CT molecular complexity index is 1140. The minimum Gasteiger partial charge on any atom is -0.318 e. The highest BCUT2D eigenvalue weighted by atomic mass is 35.5. The highest BCUT2D eigenvalue weighted by Gasteiger charge is 2.21. The summed E-state index contributed by atoms with van der Waals surface area (Å²) in [6.07, 6.45) is 0.574. The number of fused-ring (bicyclic) bond motifs is 2. The Morgan fingerprint density at radius 2 is 1.93 bits per heavy atom. The standard InChI is InChI=1S/C21H21FN4O2.ClH/c1-12(2)26-21(28)16-6-4-3-5-15(16)19(25-26)20(27)24-17-8-7-13-11-23-10-9-14(13)18(17)22;/h3-8,12,23H,9-11H2,1-2H3,(H,24,27);1H. The number of carbonyl (C=O) groups excluding carboxylic acids is 1. The van der Waals surface area contributed by atoms with Crippen molar-refractivity contribution in [3.8, 4) is 0 Å². The summed E-state index contributed by atoms with van der Waals surface area (Å²) in [4.78, 5) is 25.6. The number of halogens is 2. The first-order valence-corrected chi connectivity index (χ1v) is 9.31. The van der Waals surface area contributed by atoms with Gasteiger partial charge in [-0.15, -0.1) is 12.4 Å². The molecule has 1 aromatic heterocycles. The Balaban J connectivity index is 0.00000240. The fourth-order valence-electron chi connectivity index (χ4n) is 3.54. The van der Waals surface area contributed by atoms with Crippen LogP contribution in [0.2, 0.25) is 0 Å². The van der Waals surface area contributed by atoms with Crippen LogP contribution < -0.4 is 16.2 Å². The van der Waals surface area contributed by atoms with E-state index in [9.17, 15) is 14.0 Å². The predicted octanol–water partition coefficient (Wildman–Crippen LogP) is 3.44. The molecule has 152 valence electrons. The second-order valence-electron chi connectivity index (χ2n) is 7.18. The topological polar surface area (TPSA) is 76.0 Å². The van der Waals surface area contributed by atoms with Gasteiger partial charge >= 0.3 is 0 Å². The third-order valence-corrected chi connectivity index (χ3v) is 4.99. The molecular formula is C21H22ClFN4O2. The first-order valence-electron chi connectivity index (χ1n) is 9.31. The minimum absolute atomic E-state index is 0. The molecule has 1 aliphatic rings. The van der Waals surface area contributed by atoms with Crippen LogP contribution in [-0.2, 0) is 13.0 Å². The van der Waals surface area contributed by atoms with Crippen LogP contribution in [0, 0.1) is 5.82 Å². The molecule has 0 spiro atoms. The van der Waals surface area contributed by atoms with E-state index in [1.807, 2.05) is 19.9 Å². The van der Waals surface area contributed by atoms with Crippen molar-refractivity contribution in [2.45, 2.75) is 32.9 Å². The van der Waals surface area contributed by atoms with Gasteiger partial charge in [-0.25, -0.2) is 9.07 Å². The Morgan fingerprint density at radius 3 is 2.66 bits per heavy atom. The van der Waals surface area contributed by atoms with Gasteiger partial charge < -0.3 is 10.6 Å². The van der Waals surface area contributed by atoms with Gasteiger partial charge in [-0.3, -0.25) is 9.59 Å². The number of nitrogens with zero attached hydrogens (tertiary/aromatic N) is 2. The van der Waals surface area contributed by atoms with Crippen molar-refractivity contribution in [1.82, 2.24) is 15.1 Å². The number of carbonyl (C=O) groups is 1. The molecule has 1 aliphatic heterocycles. The Morgan fingerprint density at radius 1 is 1.21 bits per heavy atom. The number of amides is 1. The predicted molar refractivity (Wildman–Crippen MR) is 113 cm³/mol. The molecule has 0 unspecified atom stereocenters. The van der Waals surface area contributed by atoms with Gasteiger partial charge in [0.05, 0.1) is 17.1 Å². The first kappa shape index (κ1) is 21.0. The van der Waals surface area contributed by atoms with Gasteiger partial charge in [-0.1, -0.05) is 24.3 Å². The van der Waals surface area contributed by atoms with Crippen molar-refractivity contribution < 1.29 is 9.18 Å². The molecule has 2 heterocycles. The summed E-state index contributed by atoms with van der Waals surface area (Å²) in [5.41, 5.74) is 1.50. The van der Waals surface area contributed by atoms with Gasteiger partial charge in [0.25, 0.3) is 11.5 Å². The minimum atomic E-state index is -0.543. The lowest BCUT2D eigenvalue weighted by Gasteiger charge is -2.19. The smallest absolute Gasteiger partial charge is 0.276 e. The average Bonchev–Trinajstić information content (AvgIpc) is 2.70. The van der Waals surface area contributed by atoms with Crippen molar-refractivity contribution in [2.75, 3.05) is 11.9 Å². The summed E-state index contributed by atoms with van der Waals surface area (Å²) >= 11 is 0. The van der Waals surface area contributed by atoms with Gasteiger partial charge in [0.1, 0.15) is 5.82 Å². The van der Waals surface area contributed by atoms with Crippen molar-refractivity contribution in [1.29, 1.82) is 0 Å². The molecule has 0 atom stereocenters. The molecule has 0 saturated carbocycles. The molecule has 1 amide bonds. The zero-order valence-electron chi connectivity index (χ0n) is 16.2. The third kappa shape index (κ3) is 3.75. The Hall–Kier alpha value is -2.77. The first-order chi connectivity index (χ1) is 13.5. The summed E-state index contributed by atoms with van der Waals surface area (Å²) in [5, 5.41) is 11.0. The summed E-state index contributed by atoms with van der Waals surface area (Å²) in [5.74, 6) is -0.952. The third-order valence-electron chi connectivity index (χ3n) is 4.99. The van der Waals surface area contributed by atoms with Gasteiger partial charge in [0.15, 0.2) is 5.69 Å². The van der Waals surface area contributed by atoms with Gasteiger partial charge in [-0.05, 0) is 50.1 Å². The molecule has 2 aromatic carbocycles. The maximum absolute atomic E-state index is 14.9. The second kappa shape index (κ2) is 8.31. The summed E-state index contributed by atoms with van der Waals surface area (Å²) in [6, 6.07) is 10.0. The molecule has 8 heteroatoms. The van der Waals surface area contributed by atoms with E-state index in [0.717, 1.165) is 5.56 Å². The van der Waals surface area contributed by atoms with E-state index >= 15 is 0 Å². The lowest BCUT2D eigenvalue weighted by atomic mass is 9.99. The van der Waals surface area contributed by atoms with Crippen LogP contribution in [-0.4, -0.2) is 22.2 Å². The molecular weight excluding hydrogens is 395 g/mol. The number of rotatable bonds is 3. The molecule has 3 aromatic rings. The number of aromatic nitrogens is 2. The summed E-state index contributed by atoms with van der Waals surface area (Å²) in [6.45, 7) is 4.96. The molecule has 29 heavy (non-hydrogen) atoms. The van der Waals surface area contributed by atoms with Gasteiger partial charge in [0, 0.05) is 11.9 Å². The highest BCUT2D eigenvalue weighted by Crippen LogP contribution is 2.25. The quantitative estimate of drug-likeness (QED) is 0.685. The zero-order chi connectivity index (χ0) is 19.8. The largest absolute Gasteiger partial charge is 0.318 e. The van der Waals surface area contributed by atoms with Crippen LogP contribution >= 0.6 is 12.4 Å². The number of hydrogen-bond acceptors (Lipinski definition) is 4. The molecule has 2 N–H and O–H groups in total. The lowest BCUT2D eigenvalue weighted by molar-refractivity contribution is 0.102. The van der Waals surface area contributed by atoms with Crippen LogP contribution in [0.5, 0.6) is 0 Å². The zero-order valence-corrected chi connectivity index (χ0v) is 17.0. The van der Waals surface area contributed by atoms with E-state index in [4.69, 9.17) is 0 Å². The van der Waals surface area contributed by atoms with E-state index in [1.54, 1.807) is 30.3 Å². The van der Waals surface area contributed by atoms with E-state index in [0.29, 0.717) is 35.8 Å². The normalized spacial score (nSPS) is 13.1. The van der Waals surface area contributed by atoms with Crippen LogP contribution in [0.15, 0.2) is 41.2 Å². The van der Waals surface area contributed by atoms with E-state index in [1.165, 1.54) is 4.68 Å². The average molecular weight is 417 g/mol. The molecule has 4 rings (SSSR count). The summed E-state index contributed by atoms with van der Waals surface area (Å²) < 4.78 is 16.2. The number of hydrogen-bond donors (Lipinski definition) is 2. The second-order valence-corrected chi connectivity index (χ2v) is 7.18. The Kier molecular flexibility index (Phi) is 6.00. The van der Waals surface area contributed by atoms with Crippen molar-refractivity contribution in [2.24, 2.45) is 0 Å². The fraction of sp³-hybridized carbons (Fsp3) is 0.286. The van der Waals surface area contributed by atoms with E-state index in [2.05, 4.69) is 15.7 Å². The fourth-order valence-corrected chi connectivity index (χ4v) is 3.54. The van der Waals surface area contributed by atoms with Gasteiger partial charge in [-0.2, -0.15) is 5.10 Å². The maximum Gasteiger partial charge on any atom is 0.276 e. The van der Waals surface area contributed by atoms with Crippen LogP contribution in [0.25, 0.3) is 10.8 Å². The van der Waals surface area contributed by atoms with E-state index < -0.39 is 11.7 Å². The van der Waals surface area contributed by atoms with Gasteiger partial charge in [0.2, 0.25) is 0 Å². The van der Waals surface area contributed by atoms with Crippen molar-refractivity contribution in [3.05, 3.63) is 69.4 Å². The number of benzene rings is 2. The van der Waals surface area contributed by atoms with E-state index in [-0.39, 0.29) is 35.4 Å². The van der Waals surface area contributed by atoms with Crippen molar-refractivity contribution >= 4 is 34.8 Å². The van der Waals surface area contributed by atoms with Crippen LogP contribution in [0.4, 0.5) is 10.1 Å². The monoisotopic (exact) mass is 416 g/mol. The lowest BCUT2D eigenvalue weighted by Crippen LogP contribution is -2.29.